The van der Waals surface area contributed by atoms with E-state index in [0.29, 0.717) is 18.8 Å². The number of fused-ring (bicyclic) bond motifs is 1. The predicted octanol–water partition coefficient (Wildman–Crippen LogP) is 2.04. The van der Waals surface area contributed by atoms with Gasteiger partial charge >= 0.3 is 0 Å². The Morgan fingerprint density at radius 3 is 2.90 bits per heavy atom. The average Bonchev–Trinajstić information content (AvgIpc) is 2.96. The number of hydrogen-bond donors (Lipinski definition) is 0. The number of ether oxygens (including phenoxy) is 1. The fourth-order valence-electron chi connectivity index (χ4n) is 2.88. The number of carbonyl (C=O) groups is 1. The molecule has 1 saturated heterocycles. The molecule has 2 aliphatic heterocycles. The van der Waals surface area contributed by atoms with Crippen LogP contribution in [0, 0.1) is 5.82 Å². The first-order valence-electron chi connectivity index (χ1n) is 7.08. The number of likely N-dealkylation sites (tertiary alicyclic amines) is 1. The zero-order valence-electron chi connectivity index (χ0n) is 11.6. The topological polar surface area (TPSA) is 32.8 Å². The predicted molar refractivity (Wildman–Crippen MR) is 74.5 cm³/mol. The monoisotopic (exact) mass is 278 g/mol. The van der Waals surface area contributed by atoms with Crippen molar-refractivity contribution in [1.29, 1.82) is 0 Å². The summed E-state index contributed by atoms with van der Waals surface area (Å²) in [6.07, 6.45) is 2.66. The third kappa shape index (κ3) is 2.44. The normalized spacial score (nSPS) is 21.6. The van der Waals surface area contributed by atoms with Gasteiger partial charge in [-0.05, 0) is 25.0 Å². The van der Waals surface area contributed by atoms with Gasteiger partial charge in [0.1, 0.15) is 18.2 Å². The molecule has 1 atom stereocenters. The Hall–Kier alpha value is -1.78. The van der Waals surface area contributed by atoms with Crippen molar-refractivity contribution >= 4 is 11.6 Å². The van der Waals surface area contributed by atoms with Crippen LogP contribution in [0.3, 0.4) is 0 Å². The Balaban J connectivity index is 1.70. The SMILES string of the molecule is CN1c2ccc(F)cc2OC[C@H]1CC(=O)N1CCCC1. The smallest absolute Gasteiger partial charge is 0.224 e. The van der Waals surface area contributed by atoms with E-state index in [1.807, 2.05) is 16.8 Å². The van der Waals surface area contributed by atoms with Crippen LogP contribution >= 0.6 is 0 Å². The Labute approximate surface area is 118 Å². The number of anilines is 1. The van der Waals surface area contributed by atoms with Crippen molar-refractivity contribution in [3.05, 3.63) is 24.0 Å². The molecule has 0 unspecified atom stereocenters. The minimum Gasteiger partial charge on any atom is -0.489 e. The minimum atomic E-state index is -0.302. The van der Waals surface area contributed by atoms with Crippen LogP contribution in [0.1, 0.15) is 19.3 Å². The average molecular weight is 278 g/mol. The Morgan fingerprint density at radius 1 is 1.40 bits per heavy atom. The molecule has 1 aromatic rings. The molecule has 0 spiro atoms. The number of halogens is 1. The van der Waals surface area contributed by atoms with Gasteiger partial charge in [-0.1, -0.05) is 0 Å². The van der Waals surface area contributed by atoms with Crippen LogP contribution in [0.2, 0.25) is 0 Å². The number of benzene rings is 1. The highest BCUT2D eigenvalue weighted by atomic mass is 19.1. The highest BCUT2D eigenvalue weighted by molar-refractivity contribution is 5.78. The molecular weight excluding hydrogens is 259 g/mol. The summed E-state index contributed by atoms with van der Waals surface area (Å²) in [7, 11) is 1.93. The molecule has 0 radical (unpaired) electrons. The second-order valence-electron chi connectivity index (χ2n) is 5.48. The number of likely N-dealkylation sites (N-methyl/N-ethyl adjacent to an activating group) is 1. The molecule has 0 bridgehead atoms. The highest BCUT2D eigenvalue weighted by Gasteiger charge is 2.29. The van der Waals surface area contributed by atoms with Crippen LogP contribution in [0.15, 0.2) is 18.2 Å². The molecule has 1 fully saturated rings. The number of rotatable bonds is 2. The van der Waals surface area contributed by atoms with E-state index >= 15 is 0 Å². The van der Waals surface area contributed by atoms with E-state index in [2.05, 4.69) is 0 Å². The molecular formula is C15H19FN2O2. The summed E-state index contributed by atoms with van der Waals surface area (Å²) in [5.74, 6) is 0.439. The summed E-state index contributed by atoms with van der Waals surface area (Å²) in [4.78, 5) is 16.2. The summed E-state index contributed by atoms with van der Waals surface area (Å²) in [5.41, 5.74) is 0.844. The van der Waals surface area contributed by atoms with Crippen molar-refractivity contribution in [2.75, 3.05) is 31.6 Å². The molecule has 108 valence electrons. The van der Waals surface area contributed by atoms with Gasteiger partial charge in [0.2, 0.25) is 5.91 Å². The minimum absolute atomic E-state index is 0.0149. The first-order chi connectivity index (χ1) is 9.65. The van der Waals surface area contributed by atoms with Crippen LogP contribution in [0.4, 0.5) is 10.1 Å². The number of carbonyl (C=O) groups excluding carboxylic acids is 1. The molecule has 1 amide bonds. The zero-order valence-corrected chi connectivity index (χ0v) is 11.6. The fourth-order valence-corrected chi connectivity index (χ4v) is 2.88. The molecule has 3 rings (SSSR count). The molecule has 0 saturated carbocycles. The van der Waals surface area contributed by atoms with Crippen molar-refractivity contribution in [2.45, 2.75) is 25.3 Å². The molecule has 0 aromatic heterocycles. The maximum Gasteiger partial charge on any atom is 0.224 e. The van der Waals surface area contributed by atoms with Crippen molar-refractivity contribution in [2.24, 2.45) is 0 Å². The molecule has 2 aliphatic rings. The largest absolute Gasteiger partial charge is 0.489 e. The van der Waals surface area contributed by atoms with Gasteiger partial charge in [-0.2, -0.15) is 0 Å². The Kier molecular flexibility index (Phi) is 3.51. The Bertz CT molecular complexity index is 515. The summed E-state index contributed by atoms with van der Waals surface area (Å²) in [5, 5.41) is 0. The van der Waals surface area contributed by atoms with Crippen LogP contribution in [0.5, 0.6) is 5.75 Å². The first-order valence-corrected chi connectivity index (χ1v) is 7.08. The van der Waals surface area contributed by atoms with Gasteiger partial charge in [0, 0.05) is 26.2 Å². The molecule has 20 heavy (non-hydrogen) atoms. The standard InChI is InChI=1S/C15H19FN2O2/c1-17-12(9-15(19)18-6-2-3-7-18)10-20-14-8-11(16)4-5-13(14)17/h4-5,8,12H,2-3,6-7,9-10H2,1H3/t12-/m1/s1. The van der Waals surface area contributed by atoms with E-state index in [1.165, 1.54) is 12.1 Å². The lowest BCUT2D eigenvalue weighted by Crippen LogP contribution is -2.44. The number of nitrogens with zero attached hydrogens (tertiary/aromatic N) is 2. The summed E-state index contributed by atoms with van der Waals surface area (Å²) in [6.45, 7) is 2.17. The van der Waals surface area contributed by atoms with E-state index in [4.69, 9.17) is 4.74 Å². The molecule has 4 nitrogen and oxygen atoms in total. The van der Waals surface area contributed by atoms with Crippen molar-refractivity contribution < 1.29 is 13.9 Å². The quantitative estimate of drug-likeness (QED) is 0.830. The lowest BCUT2D eigenvalue weighted by atomic mass is 10.1. The van der Waals surface area contributed by atoms with Crippen molar-refractivity contribution in [1.82, 2.24) is 4.90 Å². The Morgan fingerprint density at radius 2 is 2.15 bits per heavy atom. The van der Waals surface area contributed by atoms with E-state index in [9.17, 15) is 9.18 Å². The number of hydrogen-bond acceptors (Lipinski definition) is 3. The lowest BCUT2D eigenvalue weighted by Gasteiger charge is -2.36. The third-order valence-electron chi connectivity index (χ3n) is 4.15. The van der Waals surface area contributed by atoms with Gasteiger partial charge in [-0.15, -0.1) is 0 Å². The van der Waals surface area contributed by atoms with E-state index < -0.39 is 0 Å². The molecule has 1 aromatic carbocycles. The van der Waals surface area contributed by atoms with Gasteiger partial charge in [-0.3, -0.25) is 4.79 Å². The van der Waals surface area contributed by atoms with Crippen molar-refractivity contribution in [3.8, 4) is 5.75 Å². The van der Waals surface area contributed by atoms with E-state index in [1.54, 1.807) is 6.07 Å². The van der Waals surface area contributed by atoms with E-state index in [0.717, 1.165) is 31.6 Å². The van der Waals surface area contributed by atoms with Crippen LogP contribution in [-0.4, -0.2) is 43.6 Å². The van der Waals surface area contributed by atoms with Gasteiger partial charge in [0.15, 0.2) is 0 Å². The maximum absolute atomic E-state index is 13.2. The second kappa shape index (κ2) is 5.31. The van der Waals surface area contributed by atoms with Crippen LogP contribution in [-0.2, 0) is 4.79 Å². The second-order valence-corrected chi connectivity index (χ2v) is 5.48. The molecule has 2 heterocycles. The fraction of sp³-hybridized carbons (Fsp3) is 0.533. The highest BCUT2D eigenvalue weighted by Crippen LogP contribution is 2.34. The molecule has 5 heteroatoms. The summed E-state index contributed by atoms with van der Waals surface area (Å²) >= 11 is 0. The van der Waals surface area contributed by atoms with Gasteiger partial charge in [0.25, 0.3) is 0 Å². The number of amides is 1. The van der Waals surface area contributed by atoms with Crippen LogP contribution < -0.4 is 9.64 Å². The van der Waals surface area contributed by atoms with Gasteiger partial charge in [-0.25, -0.2) is 4.39 Å². The maximum atomic E-state index is 13.2. The van der Waals surface area contributed by atoms with Crippen LogP contribution in [0.25, 0.3) is 0 Å². The molecule has 0 aliphatic carbocycles. The van der Waals surface area contributed by atoms with E-state index in [-0.39, 0.29) is 17.8 Å². The van der Waals surface area contributed by atoms with Crippen molar-refractivity contribution in [3.63, 3.8) is 0 Å². The summed E-state index contributed by atoms with van der Waals surface area (Å²) in [6, 6.07) is 4.53. The summed E-state index contributed by atoms with van der Waals surface area (Å²) < 4.78 is 18.8. The third-order valence-corrected chi connectivity index (χ3v) is 4.15. The molecule has 0 N–H and O–H groups in total. The van der Waals surface area contributed by atoms with Gasteiger partial charge < -0.3 is 14.5 Å². The zero-order chi connectivity index (χ0) is 14.1. The van der Waals surface area contributed by atoms with Gasteiger partial charge in [0.05, 0.1) is 18.2 Å². The lowest BCUT2D eigenvalue weighted by molar-refractivity contribution is -0.130. The first kappa shape index (κ1) is 13.2.